The molecule has 3 heterocycles. The molecule has 0 aliphatic carbocycles. The molecule has 5 rings (SSSR count). The molecular formula is C21H19N5O. The largest absolute Gasteiger partial charge is 0.378 e. The maximum atomic E-state index is 5.43. The number of benzene rings is 2. The summed E-state index contributed by atoms with van der Waals surface area (Å²) in [5, 5.41) is 7.39. The quantitative estimate of drug-likeness (QED) is 0.608. The van der Waals surface area contributed by atoms with Gasteiger partial charge in [0.15, 0.2) is 0 Å². The van der Waals surface area contributed by atoms with Crippen molar-refractivity contribution in [3.8, 4) is 22.4 Å². The summed E-state index contributed by atoms with van der Waals surface area (Å²) in [5.41, 5.74) is 6.02. The second-order valence-electron chi connectivity index (χ2n) is 6.56. The Labute approximate surface area is 156 Å². The molecule has 0 atom stereocenters. The van der Waals surface area contributed by atoms with Crippen molar-refractivity contribution in [1.29, 1.82) is 0 Å². The first-order valence-corrected chi connectivity index (χ1v) is 9.07. The molecule has 1 N–H and O–H groups in total. The number of aromatic amines is 1. The van der Waals surface area contributed by atoms with Crippen molar-refractivity contribution < 1.29 is 4.74 Å². The lowest BCUT2D eigenvalue weighted by molar-refractivity contribution is 0.122. The Morgan fingerprint density at radius 3 is 2.59 bits per heavy atom. The molecule has 6 nitrogen and oxygen atoms in total. The molecule has 4 aromatic rings. The van der Waals surface area contributed by atoms with E-state index in [1.165, 1.54) is 0 Å². The number of nitrogens with one attached hydrogen (secondary N) is 1. The lowest BCUT2D eigenvalue weighted by atomic mass is 10.0. The summed E-state index contributed by atoms with van der Waals surface area (Å²) >= 11 is 0. The Balaban J connectivity index is 1.56. The van der Waals surface area contributed by atoms with Crippen LogP contribution < -0.4 is 4.90 Å². The van der Waals surface area contributed by atoms with Gasteiger partial charge in [-0.15, -0.1) is 0 Å². The molecular weight excluding hydrogens is 338 g/mol. The number of hydrogen-bond donors (Lipinski definition) is 1. The topological polar surface area (TPSA) is 66.9 Å². The highest BCUT2D eigenvalue weighted by atomic mass is 16.5. The zero-order chi connectivity index (χ0) is 18.1. The minimum atomic E-state index is 0.731. The van der Waals surface area contributed by atoms with E-state index in [2.05, 4.69) is 44.3 Å². The molecule has 1 fully saturated rings. The van der Waals surface area contributed by atoms with Gasteiger partial charge in [0.25, 0.3) is 0 Å². The SMILES string of the molecule is c1ccc(-c2[nH]ncc2-c2ccc3ncc(N4CCOCC4)nc3c2)cc1. The van der Waals surface area contributed by atoms with Gasteiger partial charge in [0, 0.05) is 24.2 Å². The number of nitrogens with zero attached hydrogens (tertiary/aromatic N) is 4. The molecule has 0 radical (unpaired) electrons. The van der Waals surface area contributed by atoms with Crippen LogP contribution in [0.2, 0.25) is 0 Å². The number of morpholine rings is 1. The van der Waals surface area contributed by atoms with E-state index in [0.717, 1.165) is 65.5 Å². The average molecular weight is 357 g/mol. The van der Waals surface area contributed by atoms with Gasteiger partial charge in [0.2, 0.25) is 0 Å². The third kappa shape index (κ3) is 3.04. The fourth-order valence-electron chi connectivity index (χ4n) is 3.44. The Morgan fingerprint density at radius 1 is 0.889 bits per heavy atom. The lowest BCUT2D eigenvalue weighted by Gasteiger charge is -2.27. The van der Waals surface area contributed by atoms with Crippen LogP contribution >= 0.6 is 0 Å². The highest BCUT2D eigenvalue weighted by Gasteiger charge is 2.15. The van der Waals surface area contributed by atoms with Crippen molar-refractivity contribution in [3.05, 3.63) is 60.9 Å². The fourth-order valence-corrected chi connectivity index (χ4v) is 3.44. The van der Waals surface area contributed by atoms with Crippen LogP contribution in [0.4, 0.5) is 5.82 Å². The highest BCUT2D eigenvalue weighted by Crippen LogP contribution is 2.31. The molecule has 6 heteroatoms. The van der Waals surface area contributed by atoms with Crippen LogP contribution in [0.15, 0.2) is 60.9 Å². The van der Waals surface area contributed by atoms with Crippen LogP contribution in [0.5, 0.6) is 0 Å². The number of ether oxygens (including phenoxy) is 1. The number of anilines is 1. The van der Waals surface area contributed by atoms with E-state index in [9.17, 15) is 0 Å². The van der Waals surface area contributed by atoms with Crippen molar-refractivity contribution in [2.45, 2.75) is 0 Å². The first kappa shape index (κ1) is 16.0. The summed E-state index contributed by atoms with van der Waals surface area (Å²) in [5.74, 6) is 0.901. The highest BCUT2D eigenvalue weighted by molar-refractivity contribution is 5.87. The second-order valence-corrected chi connectivity index (χ2v) is 6.56. The van der Waals surface area contributed by atoms with Crippen molar-refractivity contribution in [2.24, 2.45) is 0 Å². The first-order valence-electron chi connectivity index (χ1n) is 9.07. The molecule has 0 spiro atoms. The molecule has 1 aliphatic heterocycles. The molecule has 0 amide bonds. The van der Waals surface area contributed by atoms with Crippen molar-refractivity contribution in [3.63, 3.8) is 0 Å². The smallest absolute Gasteiger partial charge is 0.148 e. The van der Waals surface area contributed by atoms with Gasteiger partial charge in [-0.1, -0.05) is 36.4 Å². The maximum Gasteiger partial charge on any atom is 0.148 e. The van der Waals surface area contributed by atoms with E-state index < -0.39 is 0 Å². The fraction of sp³-hybridized carbons (Fsp3) is 0.190. The number of fused-ring (bicyclic) bond motifs is 1. The van der Waals surface area contributed by atoms with Gasteiger partial charge < -0.3 is 9.64 Å². The van der Waals surface area contributed by atoms with E-state index >= 15 is 0 Å². The molecule has 2 aromatic heterocycles. The molecule has 1 saturated heterocycles. The predicted octanol–water partition coefficient (Wildman–Crippen LogP) is 3.52. The number of aromatic nitrogens is 4. The van der Waals surface area contributed by atoms with E-state index in [4.69, 9.17) is 9.72 Å². The Bertz CT molecular complexity index is 1070. The van der Waals surface area contributed by atoms with Gasteiger partial charge >= 0.3 is 0 Å². The third-order valence-corrected chi connectivity index (χ3v) is 4.88. The van der Waals surface area contributed by atoms with Crippen molar-refractivity contribution in [2.75, 3.05) is 31.2 Å². The molecule has 0 unspecified atom stereocenters. The lowest BCUT2D eigenvalue weighted by Crippen LogP contribution is -2.36. The van der Waals surface area contributed by atoms with Crippen molar-refractivity contribution in [1.82, 2.24) is 20.2 Å². The monoisotopic (exact) mass is 357 g/mol. The van der Waals surface area contributed by atoms with Gasteiger partial charge in [-0.2, -0.15) is 5.10 Å². The molecule has 134 valence electrons. The van der Waals surface area contributed by atoms with Gasteiger partial charge in [-0.3, -0.25) is 10.1 Å². The van der Waals surface area contributed by atoms with Gasteiger partial charge in [0.1, 0.15) is 5.82 Å². The Kier molecular flexibility index (Phi) is 4.03. The molecule has 27 heavy (non-hydrogen) atoms. The van der Waals surface area contributed by atoms with Gasteiger partial charge in [-0.05, 0) is 17.7 Å². The Hall–Kier alpha value is -3.25. The van der Waals surface area contributed by atoms with Crippen LogP contribution in [0.25, 0.3) is 33.4 Å². The summed E-state index contributed by atoms with van der Waals surface area (Å²) in [4.78, 5) is 11.7. The zero-order valence-electron chi connectivity index (χ0n) is 14.8. The number of rotatable bonds is 3. The Morgan fingerprint density at radius 2 is 1.74 bits per heavy atom. The van der Waals surface area contributed by atoms with E-state index in [1.54, 1.807) is 0 Å². The van der Waals surface area contributed by atoms with E-state index in [-0.39, 0.29) is 0 Å². The van der Waals surface area contributed by atoms with Crippen LogP contribution in [-0.4, -0.2) is 46.5 Å². The summed E-state index contributed by atoms with van der Waals surface area (Å²) in [6.07, 6.45) is 3.71. The second kappa shape index (κ2) is 6.81. The summed E-state index contributed by atoms with van der Waals surface area (Å²) in [6, 6.07) is 16.4. The summed E-state index contributed by atoms with van der Waals surface area (Å²) in [6.45, 7) is 3.16. The molecule has 0 bridgehead atoms. The van der Waals surface area contributed by atoms with Gasteiger partial charge in [-0.25, -0.2) is 4.98 Å². The minimum absolute atomic E-state index is 0.731. The van der Waals surface area contributed by atoms with Crippen molar-refractivity contribution >= 4 is 16.9 Å². The maximum absolute atomic E-state index is 5.43. The van der Waals surface area contributed by atoms with Gasteiger partial charge in [0.05, 0.1) is 42.3 Å². The average Bonchev–Trinajstić information content (AvgIpc) is 3.24. The third-order valence-electron chi connectivity index (χ3n) is 4.88. The van der Waals surface area contributed by atoms with Crippen LogP contribution in [0.1, 0.15) is 0 Å². The van der Waals surface area contributed by atoms with Crippen LogP contribution in [0, 0.1) is 0 Å². The summed E-state index contributed by atoms with van der Waals surface area (Å²) in [7, 11) is 0. The molecule has 0 saturated carbocycles. The van der Waals surface area contributed by atoms with E-state index in [1.807, 2.05) is 36.7 Å². The number of hydrogen-bond acceptors (Lipinski definition) is 5. The van der Waals surface area contributed by atoms with Crippen LogP contribution in [-0.2, 0) is 4.74 Å². The first-order chi connectivity index (χ1) is 13.4. The number of H-pyrrole nitrogens is 1. The summed E-state index contributed by atoms with van der Waals surface area (Å²) < 4.78 is 5.43. The van der Waals surface area contributed by atoms with Crippen LogP contribution in [0.3, 0.4) is 0 Å². The standard InChI is InChI=1S/C21H19N5O/c1-2-4-15(5-3-1)21-17(13-23-25-21)16-6-7-18-19(12-16)24-20(14-22-18)26-8-10-27-11-9-26/h1-7,12-14H,8-11H2,(H,23,25). The minimum Gasteiger partial charge on any atom is -0.378 e. The predicted molar refractivity (Wildman–Crippen MR) is 106 cm³/mol. The zero-order valence-corrected chi connectivity index (χ0v) is 14.8. The molecule has 2 aromatic carbocycles. The molecule has 1 aliphatic rings. The van der Waals surface area contributed by atoms with E-state index in [0.29, 0.717) is 0 Å². The normalized spacial score (nSPS) is 14.6.